The Morgan fingerprint density at radius 3 is 2.43 bits per heavy atom. The number of aromatic nitrogens is 2. The molecule has 2 aliphatic heterocycles. The van der Waals surface area contributed by atoms with Crippen LogP contribution in [0.4, 0.5) is 22.4 Å². The minimum Gasteiger partial charge on any atom is -0.497 e. The fourth-order valence-electron chi connectivity index (χ4n) is 8.86. The number of ether oxygens (including phenoxy) is 3. The monoisotopic (exact) mass is 882 g/mol. The summed E-state index contributed by atoms with van der Waals surface area (Å²) >= 11 is 0. The maximum absolute atomic E-state index is 16.4. The molecule has 7 atom stereocenters. The third-order valence-electron chi connectivity index (χ3n) is 13.0. The van der Waals surface area contributed by atoms with Gasteiger partial charge in [-0.2, -0.15) is 8.78 Å². The quantitative estimate of drug-likeness (QED) is 0.284. The van der Waals surface area contributed by atoms with E-state index in [1.54, 1.807) is 26.8 Å². The number of alkyl carbamates (subject to hydrolysis) is 1. The summed E-state index contributed by atoms with van der Waals surface area (Å²) in [4.78, 5) is 66.4. The molecule has 1 aromatic carbocycles. The number of nitrogens with one attached hydrogen (secondary N) is 3. The Bertz CT molecular complexity index is 2170. The standard InChI is InChI=1S/C41H54F4N6O9S/c1-38(2,3)32-35(53)51-21-25(19-28(51)33(52)49-40(20-23(40)17-30(42)43)36(54)50-61(56,57)39(4)15-16-39)59-34-31(46-26-13-12-24(58-5)18-27(26)47-34)41(44,45)14-7-6-9-22-10-8-11-29(22)60-37(55)48-32/h12-13,18,22-23,25,28-30,32H,6-11,14-17,19-21H2,1-5H3,(H,48,55)(H,49,52)(H,50,54). The fourth-order valence-corrected chi connectivity index (χ4v) is 10.2. The minimum absolute atomic E-state index is 0.0910. The van der Waals surface area contributed by atoms with E-state index < -0.39 is 123 Å². The number of fused-ring (bicyclic) bond motifs is 5. The molecule has 5 aliphatic rings. The Morgan fingerprint density at radius 2 is 1.75 bits per heavy atom. The van der Waals surface area contributed by atoms with Crippen molar-refractivity contribution in [3.63, 3.8) is 0 Å². The summed E-state index contributed by atoms with van der Waals surface area (Å²) in [5, 5.41) is 5.23. The number of amides is 4. The second-order valence-electron chi connectivity index (χ2n) is 18.6. The van der Waals surface area contributed by atoms with E-state index in [2.05, 4.69) is 20.6 Å². The highest BCUT2D eigenvalue weighted by Gasteiger charge is 2.64. The molecule has 3 aliphatic carbocycles. The van der Waals surface area contributed by atoms with Crippen LogP contribution in [-0.4, -0.2) is 102 Å². The second-order valence-corrected chi connectivity index (χ2v) is 20.8. The Morgan fingerprint density at radius 1 is 1.03 bits per heavy atom. The normalized spacial score (nSPS) is 30.2. The van der Waals surface area contributed by atoms with Gasteiger partial charge in [-0.1, -0.05) is 27.2 Å². The van der Waals surface area contributed by atoms with E-state index in [1.165, 1.54) is 26.2 Å². The summed E-state index contributed by atoms with van der Waals surface area (Å²) in [6.45, 7) is 6.09. The van der Waals surface area contributed by atoms with E-state index in [1.807, 2.05) is 4.72 Å². The fraction of sp³-hybridized carbons (Fsp3) is 0.707. The lowest BCUT2D eigenvalue weighted by Gasteiger charge is -2.35. The van der Waals surface area contributed by atoms with Crippen LogP contribution in [0, 0.1) is 17.3 Å². The van der Waals surface area contributed by atoms with Crippen LogP contribution in [0.1, 0.15) is 110 Å². The van der Waals surface area contributed by atoms with Crippen molar-refractivity contribution in [2.75, 3.05) is 13.7 Å². The zero-order valence-corrected chi connectivity index (χ0v) is 35.7. The average Bonchev–Trinajstić information content (AvgIpc) is 3.97. The Labute approximate surface area is 351 Å². The third-order valence-corrected chi connectivity index (χ3v) is 15.2. The van der Waals surface area contributed by atoms with Crippen molar-refractivity contribution in [3.8, 4) is 11.6 Å². The summed E-state index contributed by atoms with van der Waals surface area (Å²) in [7, 11) is -2.82. The first-order valence-corrected chi connectivity index (χ1v) is 22.4. The predicted molar refractivity (Wildman–Crippen MR) is 211 cm³/mol. The van der Waals surface area contributed by atoms with Crippen LogP contribution >= 0.6 is 0 Å². The van der Waals surface area contributed by atoms with Crippen molar-refractivity contribution < 1.29 is 59.4 Å². The van der Waals surface area contributed by atoms with Crippen LogP contribution in [0.15, 0.2) is 18.2 Å². The lowest BCUT2D eigenvalue weighted by molar-refractivity contribution is -0.143. The molecule has 3 saturated carbocycles. The second kappa shape index (κ2) is 16.3. The van der Waals surface area contributed by atoms with Gasteiger partial charge in [0.1, 0.15) is 35.6 Å². The van der Waals surface area contributed by atoms with Crippen molar-refractivity contribution in [2.24, 2.45) is 17.3 Å². The van der Waals surface area contributed by atoms with Crippen molar-refractivity contribution in [3.05, 3.63) is 23.9 Å². The van der Waals surface area contributed by atoms with Crippen LogP contribution in [0.25, 0.3) is 11.0 Å². The number of halogens is 4. The molecule has 7 rings (SSSR count). The SMILES string of the molecule is COc1ccc2nc3c(nc2c1)OC1CC(C(=O)NC2(C(=O)NS(=O)(=O)C4(C)CC4)CC2CC(F)F)N(C1)C(=O)C(C(C)(C)C)NC(=O)OC1CCCC1CCCCC3(F)F. The summed E-state index contributed by atoms with van der Waals surface area (Å²) < 4.78 is 105. The summed E-state index contributed by atoms with van der Waals surface area (Å²) in [6.07, 6.45) is -3.95. The van der Waals surface area contributed by atoms with Gasteiger partial charge < -0.3 is 29.7 Å². The summed E-state index contributed by atoms with van der Waals surface area (Å²) in [5.41, 5.74) is -3.48. The number of methoxy groups -OCH3 is 1. The molecule has 2 aromatic rings. The largest absolute Gasteiger partial charge is 0.497 e. The highest BCUT2D eigenvalue weighted by molar-refractivity contribution is 7.91. The molecule has 0 spiro atoms. The molecule has 15 nitrogen and oxygen atoms in total. The predicted octanol–water partition coefficient (Wildman–Crippen LogP) is 5.49. The highest BCUT2D eigenvalue weighted by atomic mass is 32.2. The van der Waals surface area contributed by atoms with Gasteiger partial charge in [0.2, 0.25) is 34.1 Å². The van der Waals surface area contributed by atoms with Gasteiger partial charge in [0, 0.05) is 25.3 Å². The summed E-state index contributed by atoms with van der Waals surface area (Å²) in [5.74, 6) is -7.91. The van der Waals surface area contributed by atoms with Gasteiger partial charge in [0.05, 0.1) is 29.4 Å². The van der Waals surface area contributed by atoms with Crippen LogP contribution in [-0.2, 0) is 35.1 Å². The number of rotatable bonds is 8. The van der Waals surface area contributed by atoms with Gasteiger partial charge in [0.15, 0.2) is 5.69 Å². The minimum atomic E-state index is -4.25. The molecular weight excluding hydrogens is 829 g/mol. The van der Waals surface area contributed by atoms with Gasteiger partial charge >= 0.3 is 6.09 Å². The molecule has 3 heterocycles. The lowest BCUT2D eigenvalue weighted by Crippen LogP contribution is -2.60. The highest BCUT2D eigenvalue weighted by Crippen LogP contribution is 2.49. The zero-order valence-electron chi connectivity index (χ0n) is 34.9. The summed E-state index contributed by atoms with van der Waals surface area (Å²) in [6, 6.07) is 1.70. The van der Waals surface area contributed by atoms with Crippen molar-refractivity contribution >= 4 is 44.9 Å². The number of alkyl halides is 4. The van der Waals surface area contributed by atoms with E-state index in [0.29, 0.717) is 25.0 Å². The molecule has 2 bridgehead atoms. The van der Waals surface area contributed by atoms with E-state index in [-0.39, 0.29) is 49.1 Å². The Hall–Kier alpha value is -4.49. The Balaban J connectivity index is 1.27. The molecule has 4 amide bonds. The van der Waals surface area contributed by atoms with Crippen LogP contribution in [0.5, 0.6) is 11.6 Å². The Kier molecular flexibility index (Phi) is 11.9. The number of carbonyl (C=O) groups is 4. The van der Waals surface area contributed by atoms with Gasteiger partial charge in [-0.05, 0) is 87.7 Å². The molecule has 3 N–H and O–H groups in total. The maximum atomic E-state index is 16.4. The van der Waals surface area contributed by atoms with Crippen LogP contribution in [0.3, 0.4) is 0 Å². The van der Waals surface area contributed by atoms with Gasteiger partial charge in [-0.25, -0.2) is 32.0 Å². The van der Waals surface area contributed by atoms with Crippen LogP contribution < -0.4 is 24.8 Å². The number of sulfonamides is 1. The third kappa shape index (κ3) is 9.19. The smallest absolute Gasteiger partial charge is 0.408 e. The molecular formula is C41H54F4N6O9S. The average molecular weight is 883 g/mol. The molecule has 61 heavy (non-hydrogen) atoms. The lowest BCUT2D eigenvalue weighted by atomic mass is 9.85. The van der Waals surface area contributed by atoms with Crippen molar-refractivity contribution in [2.45, 2.75) is 152 Å². The van der Waals surface area contributed by atoms with Crippen molar-refractivity contribution in [1.29, 1.82) is 0 Å². The first kappa shape index (κ1) is 44.6. The molecule has 0 radical (unpaired) electrons. The number of hydrogen-bond acceptors (Lipinski definition) is 11. The number of nitrogens with zero attached hydrogens (tertiary/aromatic N) is 3. The molecule has 336 valence electrons. The number of carbonyl (C=O) groups excluding carboxylic acids is 4. The van der Waals surface area contributed by atoms with Gasteiger partial charge in [-0.15, -0.1) is 0 Å². The van der Waals surface area contributed by atoms with Crippen molar-refractivity contribution in [1.82, 2.24) is 30.2 Å². The number of hydrogen-bond donors (Lipinski definition) is 3. The van der Waals surface area contributed by atoms with E-state index in [9.17, 15) is 36.4 Å². The molecule has 1 saturated heterocycles. The van der Waals surface area contributed by atoms with E-state index in [0.717, 1.165) is 17.7 Å². The van der Waals surface area contributed by atoms with E-state index >= 15 is 8.78 Å². The van der Waals surface area contributed by atoms with E-state index in [4.69, 9.17) is 14.2 Å². The zero-order chi connectivity index (χ0) is 44.3. The van der Waals surface area contributed by atoms with Gasteiger partial charge in [-0.3, -0.25) is 19.1 Å². The topological polar surface area (TPSA) is 195 Å². The van der Waals surface area contributed by atoms with Crippen LogP contribution in [0.2, 0.25) is 0 Å². The molecule has 7 unspecified atom stereocenters. The number of benzene rings is 1. The maximum Gasteiger partial charge on any atom is 0.408 e. The molecule has 20 heteroatoms. The molecule has 4 fully saturated rings. The first-order chi connectivity index (χ1) is 28.6. The van der Waals surface area contributed by atoms with Gasteiger partial charge in [0.25, 0.3) is 11.8 Å². The molecule has 1 aromatic heterocycles. The first-order valence-electron chi connectivity index (χ1n) is 20.9.